The molecule has 1 radical (unpaired) electrons. The molecule has 0 saturated heterocycles. The minimum absolute atomic E-state index is 0.935. The Bertz CT molecular complexity index is 431. The summed E-state index contributed by atoms with van der Waals surface area (Å²) in [5, 5.41) is 0. The Kier molecular flexibility index (Phi) is 4.37. The van der Waals surface area contributed by atoms with Gasteiger partial charge in [0.05, 0.1) is 6.33 Å². The zero-order valence-electron chi connectivity index (χ0n) is 10.2. The standard InChI is InChI=1S/C15H19N2/c1-2-7-15-12-16-13-17(15)11-6-10-14-8-4-3-5-9-14/h3-5,8-9,12-13H,1-2,6-7,10-11H2. The van der Waals surface area contributed by atoms with Gasteiger partial charge in [-0.05, 0) is 31.2 Å². The molecule has 2 aromatic rings. The summed E-state index contributed by atoms with van der Waals surface area (Å²) < 4.78 is 2.24. The number of hydrogen-bond donors (Lipinski definition) is 0. The number of aromatic nitrogens is 2. The van der Waals surface area contributed by atoms with Gasteiger partial charge in [-0.25, -0.2) is 4.98 Å². The van der Waals surface area contributed by atoms with E-state index in [0.29, 0.717) is 0 Å². The van der Waals surface area contributed by atoms with Gasteiger partial charge in [0.25, 0.3) is 0 Å². The Labute approximate surface area is 103 Å². The van der Waals surface area contributed by atoms with Gasteiger partial charge < -0.3 is 4.57 Å². The van der Waals surface area contributed by atoms with Crippen LogP contribution in [0.15, 0.2) is 42.9 Å². The lowest BCUT2D eigenvalue weighted by molar-refractivity contribution is 0.615. The summed E-state index contributed by atoms with van der Waals surface area (Å²) in [5.41, 5.74) is 2.71. The topological polar surface area (TPSA) is 17.8 Å². The van der Waals surface area contributed by atoms with E-state index in [0.717, 1.165) is 32.2 Å². The predicted octanol–water partition coefficient (Wildman–Crippen LogP) is 3.28. The lowest BCUT2D eigenvalue weighted by Gasteiger charge is -2.07. The van der Waals surface area contributed by atoms with Gasteiger partial charge in [0.15, 0.2) is 0 Å². The Balaban J connectivity index is 1.84. The quantitative estimate of drug-likeness (QED) is 0.740. The fourth-order valence-corrected chi connectivity index (χ4v) is 2.04. The minimum Gasteiger partial charge on any atom is -0.335 e. The van der Waals surface area contributed by atoms with Crippen molar-refractivity contribution >= 4 is 0 Å². The van der Waals surface area contributed by atoms with E-state index in [1.165, 1.54) is 11.3 Å². The Morgan fingerprint density at radius 1 is 1.12 bits per heavy atom. The molecule has 2 rings (SSSR count). The summed E-state index contributed by atoms with van der Waals surface area (Å²) in [6, 6.07) is 10.6. The van der Waals surface area contributed by atoms with E-state index < -0.39 is 0 Å². The van der Waals surface area contributed by atoms with Crippen molar-refractivity contribution in [3.05, 3.63) is 61.0 Å². The largest absolute Gasteiger partial charge is 0.335 e. The van der Waals surface area contributed by atoms with Gasteiger partial charge in [-0.1, -0.05) is 37.3 Å². The summed E-state index contributed by atoms with van der Waals surface area (Å²) in [5.74, 6) is 0. The van der Waals surface area contributed by atoms with E-state index in [2.05, 4.69) is 46.8 Å². The third-order valence-electron chi connectivity index (χ3n) is 2.94. The van der Waals surface area contributed by atoms with Gasteiger partial charge in [0, 0.05) is 18.4 Å². The normalized spacial score (nSPS) is 10.6. The molecular weight excluding hydrogens is 208 g/mol. The van der Waals surface area contributed by atoms with E-state index in [-0.39, 0.29) is 0 Å². The van der Waals surface area contributed by atoms with Gasteiger partial charge in [-0.3, -0.25) is 0 Å². The molecule has 0 aliphatic heterocycles. The molecule has 1 aromatic carbocycles. The number of aryl methyl sites for hydroxylation is 3. The third kappa shape index (κ3) is 3.45. The van der Waals surface area contributed by atoms with Crippen molar-refractivity contribution in [3.8, 4) is 0 Å². The fourth-order valence-electron chi connectivity index (χ4n) is 2.04. The Morgan fingerprint density at radius 2 is 1.94 bits per heavy atom. The highest BCUT2D eigenvalue weighted by Gasteiger charge is 2.00. The van der Waals surface area contributed by atoms with Crippen LogP contribution < -0.4 is 0 Å². The van der Waals surface area contributed by atoms with Crippen molar-refractivity contribution < 1.29 is 0 Å². The lowest BCUT2D eigenvalue weighted by Crippen LogP contribution is -2.02. The van der Waals surface area contributed by atoms with Crippen LogP contribution in [0, 0.1) is 6.92 Å². The fraction of sp³-hybridized carbons (Fsp3) is 0.333. The number of hydrogen-bond acceptors (Lipinski definition) is 1. The van der Waals surface area contributed by atoms with E-state index >= 15 is 0 Å². The summed E-state index contributed by atoms with van der Waals surface area (Å²) >= 11 is 0. The maximum absolute atomic E-state index is 4.20. The second kappa shape index (κ2) is 6.24. The average molecular weight is 227 g/mol. The zero-order chi connectivity index (χ0) is 11.9. The molecule has 0 atom stereocenters. The molecule has 2 nitrogen and oxygen atoms in total. The van der Waals surface area contributed by atoms with Crippen molar-refractivity contribution in [2.45, 2.75) is 32.2 Å². The van der Waals surface area contributed by atoms with Crippen LogP contribution in [0.1, 0.15) is 24.1 Å². The molecule has 1 heterocycles. The highest BCUT2D eigenvalue weighted by Crippen LogP contribution is 2.07. The van der Waals surface area contributed by atoms with Crippen molar-refractivity contribution in [2.24, 2.45) is 0 Å². The maximum atomic E-state index is 4.20. The highest BCUT2D eigenvalue weighted by molar-refractivity contribution is 5.14. The minimum atomic E-state index is 0.935. The SMILES string of the molecule is [CH2]CCc1cncn1CCCc1ccccc1. The number of rotatable bonds is 6. The van der Waals surface area contributed by atoms with Crippen LogP contribution in [0.2, 0.25) is 0 Å². The molecule has 0 amide bonds. The van der Waals surface area contributed by atoms with E-state index in [4.69, 9.17) is 0 Å². The first kappa shape index (κ1) is 11.9. The molecular formula is C15H19N2. The van der Waals surface area contributed by atoms with Gasteiger partial charge >= 0.3 is 0 Å². The molecule has 0 aliphatic carbocycles. The van der Waals surface area contributed by atoms with Crippen molar-refractivity contribution in [1.82, 2.24) is 9.55 Å². The summed E-state index contributed by atoms with van der Waals surface area (Å²) in [6.45, 7) is 4.93. The smallest absolute Gasteiger partial charge is 0.0948 e. The molecule has 0 bridgehead atoms. The molecule has 0 aliphatic rings. The number of nitrogens with zero attached hydrogens (tertiary/aromatic N) is 2. The molecule has 1 aromatic heterocycles. The van der Waals surface area contributed by atoms with E-state index in [1.54, 1.807) is 0 Å². The van der Waals surface area contributed by atoms with Crippen LogP contribution >= 0.6 is 0 Å². The first-order valence-electron chi connectivity index (χ1n) is 6.22. The van der Waals surface area contributed by atoms with Crippen LogP contribution in [0.4, 0.5) is 0 Å². The maximum Gasteiger partial charge on any atom is 0.0948 e. The second-order valence-corrected chi connectivity index (χ2v) is 4.27. The third-order valence-corrected chi connectivity index (χ3v) is 2.94. The zero-order valence-corrected chi connectivity index (χ0v) is 10.2. The monoisotopic (exact) mass is 227 g/mol. The van der Waals surface area contributed by atoms with Gasteiger partial charge in [-0.2, -0.15) is 0 Å². The highest BCUT2D eigenvalue weighted by atomic mass is 15.0. The van der Waals surface area contributed by atoms with Gasteiger partial charge in [0.1, 0.15) is 0 Å². The van der Waals surface area contributed by atoms with Crippen molar-refractivity contribution in [1.29, 1.82) is 0 Å². The van der Waals surface area contributed by atoms with Crippen LogP contribution in [-0.2, 0) is 19.4 Å². The summed E-state index contributed by atoms with van der Waals surface area (Å²) in [6.07, 6.45) is 8.12. The molecule has 0 fully saturated rings. The summed E-state index contributed by atoms with van der Waals surface area (Å²) in [4.78, 5) is 4.20. The average Bonchev–Trinajstić information content (AvgIpc) is 2.79. The van der Waals surface area contributed by atoms with Gasteiger partial charge in [0.2, 0.25) is 0 Å². The first-order valence-corrected chi connectivity index (χ1v) is 6.22. The lowest BCUT2D eigenvalue weighted by atomic mass is 10.1. The van der Waals surface area contributed by atoms with Crippen LogP contribution in [0.3, 0.4) is 0 Å². The van der Waals surface area contributed by atoms with Crippen molar-refractivity contribution in [3.63, 3.8) is 0 Å². The molecule has 0 saturated carbocycles. The van der Waals surface area contributed by atoms with Crippen LogP contribution in [0.5, 0.6) is 0 Å². The second-order valence-electron chi connectivity index (χ2n) is 4.27. The predicted molar refractivity (Wildman–Crippen MR) is 70.7 cm³/mol. The molecule has 17 heavy (non-hydrogen) atoms. The van der Waals surface area contributed by atoms with E-state index in [1.807, 2.05) is 12.5 Å². The molecule has 0 unspecified atom stereocenters. The van der Waals surface area contributed by atoms with E-state index in [9.17, 15) is 0 Å². The van der Waals surface area contributed by atoms with Crippen molar-refractivity contribution in [2.75, 3.05) is 0 Å². The van der Waals surface area contributed by atoms with Crippen LogP contribution in [-0.4, -0.2) is 9.55 Å². The molecule has 0 spiro atoms. The Hall–Kier alpha value is -1.57. The number of imidazole rings is 1. The number of benzene rings is 1. The first-order chi connectivity index (χ1) is 8.40. The van der Waals surface area contributed by atoms with Gasteiger partial charge in [-0.15, -0.1) is 0 Å². The molecule has 89 valence electrons. The Morgan fingerprint density at radius 3 is 2.71 bits per heavy atom. The molecule has 2 heteroatoms. The summed E-state index contributed by atoms with van der Waals surface area (Å²) in [7, 11) is 0. The molecule has 0 N–H and O–H groups in total. The van der Waals surface area contributed by atoms with Crippen LogP contribution in [0.25, 0.3) is 0 Å².